The number of ether oxygens (including phenoxy) is 3. The molecule has 1 fully saturated rings. The fourth-order valence-electron chi connectivity index (χ4n) is 4.88. The van der Waals surface area contributed by atoms with E-state index in [-0.39, 0.29) is 18.5 Å². The lowest BCUT2D eigenvalue weighted by Gasteiger charge is -2.39. The second-order valence-corrected chi connectivity index (χ2v) is 9.57. The van der Waals surface area contributed by atoms with Crippen molar-refractivity contribution in [3.05, 3.63) is 70.4 Å². The van der Waals surface area contributed by atoms with Crippen LogP contribution in [0.25, 0.3) is 0 Å². The average Bonchev–Trinajstić information content (AvgIpc) is 2.95. The number of carbonyl (C=O) groups is 3. The summed E-state index contributed by atoms with van der Waals surface area (Å²) < 4.78 is 16.2. The quantitative estimate of drug-likeness (QED) is 0.518. The highest BCUT2D eigenvalue weighted by atomic mass is 16.5. The van der Waals surface area contributed by atoms with Crippen molar-refractivity contribution in [3.8, 4) is 11.5 Å². The van der Waals surface area contributed by atoms with E-state index in [0.717, 1.165) is 5.56 Å². The van der Waals surface area contributed by atoms with Gasteiger partial charge in [0.05, 0.1) is 32.4 Å². The van der Waals surface area contributed by atoms with Gasteiger partial charge in [0.2, 0.25) is 0 Å². The fourth-order valence-corrected chi connectivity index (χ4v) is 4.88. The average molecular weight is 537 g/mol. The molecule has 1 saturated heterocycles. The van der Waals surface area contributed by atoms with Crippen LogP contribution >= 0.6 is 0 Å². The van der Waals surface area contributed by atoms with Gasteiger partial charge in [-0.1, -0.05) is 23.8 Å². The number of benzene rings is 2. The molecule has 0 aromatic heterocycles. The van der Waals surface area contributed by atoms with Gasteiger partial charge in [0.1, 0.15) is 0 Å². The first kappa shape index (κ1) is 28.0. The number of hydrogen-bond acceptors (Lipinski definition) is 7. The molecule has 10 nitrogen and oxygen atoms in total. The largest absolute Gasteiger partial charge is 0.493 e. The van der Waals surface area contributed by atoms with E-state index in [0.29, 0.717) is 66.6 Å². The summed E-state index contributed by atoms with van der Waals surface area (Å²) in [7, 11) is 4.72. The van der Waals surface area contributed by atoms with Gasteiger partial charge in [-0.05, 0) is 43.7 Å². The number of piperazine rings is 1. The Balaban J connectivity index is 1.59. The third-order valence-corrected chi connectivity index (χ3v) is 7.14. The molecule has 0 saturated carbocycles. The van der Waals surface area contributed by atoms with Crippen molar-refractivity contribution in [3.63, 3.8) is 0 Å². The lowest BCUT2D eigenvalue weighted by atomic mass is 9.94. The Morgan fingerprint density at radius 1 is 0.974 bits per heavy atom. The molecule has 0 spiro atoms. The SMILES string of the molecule is CCOC(=O)C1=C(CN2CCN(C(=O)c3ccc(C)cc3)CC2)N(C)C(=O)N[C@@H]1c1ccc(OC)c(OC)c1. The summed E-state index contributed by atoms with van der Waals surface area (Å²) in [6.07, 6.45) is 0. The number of rotatable bonds is 8. The summed E-state index contributed by atoms with van der Waals surface area (Å²) in [4.78, 5) is 44.8. The van der Waals surface area contributed by atoms with Gasteiger partial charge < -0.3 is 24.4 Å². The zero-order valence-corrected chi connectivity index (χ0v) is 23.2. The number of carbonyl (C=O) groups excluding carboxylic acids is 3. The van der Waals surface area contributed by atoms with Crippen LogP contribution in [-0.4, -0.2) is 93.2 Å². The van der Waals surface area contributed by atoms with Crippen LogP contribution in [0.2, 0.25) is 0 Å². The monoisotopic (exact) mass is 536 g/mol. The highest BCUT2D eigenvalue weighted by molar-refractivity contribution is 5.95. The van der Waals surface area contributed by atoms with Gasteiger partial charge in [-0.3, -0.25) is 14.6 Å². The standard InChI is InChI=1S/C29H36N4O6/c1-6-39-28(35)25-22(18-32-13-15-33(16-14-32)27(34)20-9-7-19(2)8-10-20)31(3)29(36)30-26(25)21-11-12-23(37-4)24(17-21)38-5/h7-12,17,26H,6,13-16,18H2,1-5H3,(H,30,36)/t26-/m1/s1. The van der Waals surface area contributed by atoms with E-state index < -0.39 is 12.0 Å². The molecule has 3 amide bonds. The van der Waals surface area contributed by atoms with Gasteiger partial charge in [0.15, 0.2) is 11.5 Å². The predicted molar refractivity (Wildman–Crippen MR) is 146 cm³/mol. The molecular weight excluding hydrogens is 500 g/mol. The molecule has 2 aliphatic rings. The fraction of sp³-hybridized carbons (Fsp3) is 0.414. The van der Waals surface area contributed by atoms with Crippen molar-refractivity contribution in [2.75, 3.05) is 60.6 Å². The highest BCUT2D eigenvalue weighted by Gasteiger charge is 2.38. The Morgan fingerprint density at radius 2 is 1.64 bits per heavy atom. The summed E-state index contributed by atoms with van der Waals surface area (Å²) in [5, 5.41) is 2.93. The first-order valence-corrected chi connectivity index (χ1v) is 13.0. The molecular formula is C29H36N4O6. The van der Waals surface area contributed by atoms with E-state index >= 15 is 0 Å². The molecule has 2 aliphatic heterocycles. The maximum absolute atomic E-state index is 13.3. The number of likely N-dealkylation sites (N-methyl/N-ethyl adjacent to an activating group) is 1. The molecule has 10 heteroatoms. The Bertz CT molecular complexity index is 1250. The number of aryl methyl sites for hydroxylation is 1. The molecule has 0 aliphatic carbocycles. The van der Waals surface area contributed by atoms with E-state index in [1.807, 2.05) is 36.1 Å². The molecule has 39 heavy (non-hydrogen) atoms. The molecule has 1 N–H and O–H groups in total. The molecule has 0 radical (unpaired) electrons. The molecule has 1 atom stereocenters. The summed E-state index contributed by atoms with van der Waals surface area (Å²) in [6, 6.07) is 11.8. The van der Waals surface area contributed by atoms with E-state index in [1.165, 1.54) is 12.0 Å². The van der Waals surface area contributed by atoms with E-state index in [1.54, 1.807) is 39.3 Å². The van der Waals surface area contributed by atoms with Crippen molar-refractivity contribution in [1.29, 1.82) is 0 Å². The van der Waals surface area contributed by atoms with E-state index in [4.69, 9.17) is 14.2 Å². The van der Waals surface area contributed by atoms with Crippen molar-refractivity contribution in [1.82, 2.24) is 20.0 Å². The van der Waals surface area contributed by atoms with Crippen LogP contribution in [0.3, 0.4) is 0 Å². The normalized spacial score (nSPS) is 18.1. The van der Waals surface area contributed by atoms with E-state index in [2.05, 4.69) is 10.2 Å². The van der Waals surface area contributed by atoms with Gasteiger partial charge in [-0.15, -0.1) is 0 Å². The Morgan fingerprint density at radius 3 is 2.26 bits per heavy atom. The molecule has 0 bridgehead atoms. The van der Waals surface area contributed by atoms with Gasteiger partial charge in [0, 0.05) is 51.0 Å². The van der Waals surface area contributed by atoms with Crippen molar-refractivity contribution in [2.45, 2.75) is 19.9 Å². The van der Waals surface area contributed by atoms with Crippen LogP contribution in [0.4, 0.5) is 4.79 Å². The highest BCUT2D eigenvalue weighted by Crippen LogP contribution is 2.36. The summed E-state index contributed by atoms with van der Waals surface area (Å²) in [5.41, 5.74) is 3.37. The maximum atomic E-state index is 13.3. The first-order valence-electron chi connectivity index (χ1n) is 13.0. The first-order chi connectivity index (χ1) is 18.8. The lowest BCUT2D eigenvalue weighted by molar-refractivity contribution is -0.139. The molecule has 2 aromatic rings. The van der Waals surface area contributed by atoms with Crippen LogP contribution in [0, 0.1) is 6.92 Å². The third kappa shape index (κ3) is 6.01. The Labute approximate surface area is 229 Å². The van der Waals surface area contributed by atoms with E-state index in [9.17, 15) is 14.4 Å². The minimum absolute atomic E-state index is 0.00348. The summed E-state index contributed by atoms with van der Waals surface area (Å²) >= 11 is 0. The molecule has 2 aromatic carbocycles. The van der Waals surface area contributed by atoms with Crippen LogP contribution < -0.4 is 14.8 Å². The second-order valence-electron chi connectivity index (χ2n) is 9.57. The number of nitrogens with one attached hydrogen (secondary N) is 1. The van der Waals surface area contributed by atoms with Gasteiger partial charge in [0.25, 0.3) is 5.91 Å². The molecule has 2 heterocycles. The van der Waals surface area contributed by atoms with Crippen LogP contribution in [0.15, 0.2) is 53.7 Å². The van der Waals surface area contributed by atoms with Crippen molar-refractivity contribution >= 4 is 17.9 Å². The van der Waals surface area contributed by atoms with Crippen molar-refractivity contribution in [2.24, 2.45) is 0 Å². The molecule has 208 valence electrons. The van der Waals surface area contributed by atoms with Crippen LogP contribution in [-0.2, 0) is 9.53 Å². The predicted octanol–water partition coefficient (Wildman–Crippen LogP) is 2.98. The number of esters is 1. The number of nitrogens with zero attached hydrogens (tertiary/aromatic N) is 3. The number of amides is 3. The van der Waals surface area contributed by atoms with Gasteiger partial charge in [-0.2, -0.15) is 0 Å². The second kappa shape index (κ2) is 12.2. The third-order valence-electron chi connectivity index (χ3n) is 7.14. The lowest BCUT2D eigenvalue weighted by Crippen LogP contribution is -2.53. The number of hydrogen-bond donors (Lipinski definition) is 1. The zero-order chi connectivity index (χ0) is 28.1. The van der Waals surface area contributed by atoms with Crippen LogP contribution in [0.1, 0.15) is 34.5 Å². The zero-order valence-electron chi connectivity index (χ0n) is 23.2. The smallest absolute Gasteiger partial charge is 0.338 e. The van der Waals surface area contributed by atoms with Crippen molar-refractivity contribution < 1.29 is 28.6 Å². The summed E-state index contributed by atoms with van der Waals surface area (Å²) in [5.74, 6) is 0.541. The molecule has 0 unspecified atom stereocenters. The van der Waals surface area contributed by atoms with Gasteiger partial charge >= 0.3 is 12.0 Å². The maximum Gasteiger partial charge on any atom is 0.338 e. The summed E-state index contributed by atoms with van der Waals surface area (Å²) in [6.45, 7) is 6.60. The topological polar surface area (TPSA) is 101 Å². The minimum Gasteiger partial charge on any atom is -0.493 e. The number of methoxy groups -OCH3 is 2. The van der Waals surface area contributed by atoms with Crippen LogP contribution in [0.5, 0.6) is 11.5 Å². The van der Waals surface area contributed by atoms with Gasteiger partial charge in [-0.25, -0.2) is 9.59 Å². The Hall–Kier alpha value is -4.05. The molecule has 4 rings (SSSR count). The Kier molecular flexibility index (Phi) is 8.75. The minimum atomic E-state index is -0.730. The number of urea groups is 1.